The molecule has 1 saturated carbocycles. The topological polar surface area (TPSA) is 81.8 Å². The lowest BCUT2D eigenvalue weighted by Crippen LogP contribution is -2.20. The highest BCUT2D eigenvalue weighted by atomic mass is 16.5. The molecule has 1 atom stereocenters. The maximum atomic E-state index is 10.9. The number of methoxy groups -OCH3 is 1. The summed E-state index contributed by atoms with van der Waals surface area (Å²) in [4.78, 5) is 10.9. The van der Waals surface area contributed by atoms with Crippen LogP contribution in [-0.4, -0.2) is 24.3 Å². The second kappa shape index (κ2) is 5.93. The van der Waals surface area contributed by atoms with E-state index in [1.165, 1.54) is 20.0 Å². The summed E-state index contributed by atoms with van der Waals surface area (Å²) in [6.45, 7) is 0. The van der Waals surface area contributed by atoms with Crippen LogP contribution in [0.5, 0.6) is 11.5 Å². The van der Waals surface area contributed by atoms with Crippen molar-refractivity contribution in [2.45, 2.75) is 37.8 Å². The maximum Gasteiger partial charge on any atom is 0.325 e. The van der Waals surface area contributed by atoms with Crippen LogP contribution in [0.2, 0.25) is 0 Å². The van der Waals surface area contributed by atoms with E-state index in [-0.39, 0.29) is 6.10 Å². The van der Waals surface area contributed by atoms with Crippen LogP contribution in [-0.2, 0) is 4.79 Å². The van der Waals surface area contributed by atoms with Gasteiger partial charge in [-0.15, -0.1) is 0 Å². The normalized spacial score (nSPS) is 17.2. The molecular formula is C14H19NO4. The Labute approximate surface area is 112 Å². The zero-order valence-electron chi connectivity index (χ0n) is 11.0. The monoisotopic (exact) mass is 265 g/mol. The average molecular weight is 265 g/mol. The van der Waals surface area contributed by atoms with Gasteiger partial charge in [0.2, 0.25) is 0 Å². The van der Waals surface area contributed by atoms with Crippen LogP contribution in [0.25, 0.3) is 0 Å². The molecule has 0 amide bonds. The summed E-state index contributed by atoms with van der Waals surface area (Å²) in [5.41, 5.74) is 6.08. The fraction of sp³-hybridized carbons (Fsp3) is 0.500. The zero-order valence-corrected chi connectivity index (χ0v) is 11.0. The van der Waals surface area contributed by atoms with E-state index < -0.39 is 12.0 Å². The lowest BCUT2D eigenvalue weighted by molar-refractivity contribution is -0.138. The Kier molecular flexibility index (Phi) is 4.27. The molecule has 0 saturated heterocycles. The van der Waals surface area contributed by atoms with Gasteiger partial charge in [-0.3, -0.25) is 4.79 Å². The molecule has 0 bridgehead atoms. The third kappa shape index (κ3) is 3.17. The average Bonchev–Trinajstić information content (AvgIpc) is 2.91. The molecule has 1 aromatic rings. The minimum absolute atomic E-state index is 0.230. The summed E-state index contributed by atoms with van der Waals surface area (Å²) < 4.78 is 11.1. The summed E-state index contributed by atoms with van der Waals surface area (Å²) in [5.74, 6) is 0.114. The van der Waals surface area contributed by atoms with Crippen molar-refractivity contribution in [2.75, 3.05) is 7.11 Å². The molecule has 1 aliphatic rings. The second-order valence-corrected chi connectivity index (χ2v) is 4.75. The number of hydrogen-bond acceptors (Lipinski definition) is 4. The largest absolute Gasteiger partial charge is 0.493 e. The zero-order chi connectivity index (χ0) is 13.8. The molecule has 1 unspecified atom stereocenters. The minimum Gasteiger partial charge on any atom is -0.493 e. The standard InChI is InChI=1S/C14H19NO4/c1-18-12-8-9(13(15)14(16)17)6-7-11(12)19-10-4-2-3-5-10/h6-8,10,13H,2-5,15H2,1H3,(H,16,17). The molecule has 5 nitrogen and oxygen atoms in total. The van der Waals surface area contributed by atoms with Gasteiger partial charge in [0, 0.05) is 0 Å². The fourth-order valence-corrected chi connectivity index (χ4v) is 2.30. The van der Waals surface area contributed by atoms with Gasteiger partial charge in [0.15, 0.2) is 11.5 Å². The molecule has 0 aromatic heterocycles. The number of carboxylic acid groups (broad SMARTS) is 1. The summed E-state index contributed by atoms with van der Waals surface area (Å²) in [6, 6.07) is 3.98. The summed E-state index contributed by atoms with van der Waals surface area (Å²) in [7, 11) is 1.53. The van der Waals surface area contributed by atoms with Crippen molar-refractivity contribution >= 4 is 5.97 Å². The number of ether oxygens (including phenoxy) is 2. The number of carboxylic acids is 1. The number of benzene rings is 1. The van der Waals surface area contributed by atoms with Crippen molar-refractivity contribution in [3.8, 4) is 11.5 Å². The molecule has 0 heterocycles. The number of rotatable bonds is 5. The van der Waals surface area contributed by atoms with Gasteiger partial charge >= 0.3 is 5.97 Å². The SMILES string of the molecule is COc1cc(C(N)C(=O)O)ccc1OC1CCCC1. The maximum absolute atomic E-state index is 10.9. The van der Waals surface area contributed by atoms with Crippen molar-refractivity contribution in [3.63, 3.8) is 0 Å². The second-order valence-electron chi connectivity index (χ2n) is 4.75. The molecule has 0 aliphatic heterocycles. The number of carbonyl (C=O) groups is 1. The van der Waals surface area contributed by atoms with Crippen LogP contribution in [0, 0.1) is 0 Å². The van der Waals surface area contributed by atoms with E-state index in [0.717, 1.165) is 12.8 Å². The highest BCUT2D eigenvalue weighted by Gasteiger charge is 2.20. The van der Waals surface area contributed by atoms with E-state index in [1.807, 2.05) is 0 Å². The fourth-order valence-electron chi connectivity index (χ4n) is 2.30. The van der Waals surface area contributed by atoms with Crippen LogP contribution in [0.1, 0.15) is 37.3 Å². The van der Waals surface area contributed by atoms with Crippen LogP contribution in [0.3, 0.4) is 0 Å². The van der Waals surface area contributed by atoms with Crippen LogP contribution in [0.15, 0.2) is 18.2 Å². The lowest BCUT2D eigenvalue weighted by atomic mass is 10.1. The summed E-state index contributed by atoms with van der Waals surface area (Å²) in [5, 5.41) is 8.90. The van der Waals surface area contributed by atoms with Gasteiger partial charge in [0.1, 0.15) is 6.04 Å². The van der Waals surface area contributed by atoms with E-state index >= 15 is 0 Å². The van der Waals surface area contributed by atoms with E-state index in [1.54, 1.807) is 18.2 Å². The van der Waals surface area contributed by atoms with Crippen molar-refractivity contribution in [2.24, 2.45) is 5.73 Å². The highest BCUT2D eigenvalue weighted by Crippen LogP contribution is 2.33. The van der Waals surface area contributed by atoms with Crippen molar-refractivity contribution in [1.82, 2.24) is 0 Å². The number of hydrogen-bond donors (Lipinski definition) is 2. The van der Waals surface area contributed by atoms with Gasteiger partial charge < -0.3 is 20.3 Å². The van der Waals surface area contributed by atoms with Gasteiger partial charge in [0.25, 0.3) is 0 Å². The van der Waals surface area contributed by atoms with Gasteiger partial charge in [-0.2, -0.15) is 0 Å². The first-order chi connectivity index (χ1) is 9.11. The molecule has 5 heteroatoms. The van der Waals surface area contributed by atoms with E-state index in [2.05, 4.69) is 0 Å². The molecule has 0 spiro atoms. The first kappa shape index (κ1) is 13.7. The Morgan fingerprint density at radius 3 is 2.63 bits per heavy atom. The summed E-state index contributed by atoms with van der Waals surface area (Å²) in [6.07, 6.45) is 4.72. The molecule has 0 radical (unpaired) electrons. The van der Waals surface area contributed by atoms with E-state index in [9.17, 15) is 4.79 Å². The summed E-state index contributed by atoms with van der Waals surface area (Å²) >= 11 is 0. The van der Waals surface area contributed by atoms with Crippen molar-refractivity contribution < 1.29 is 19.4 Å². The Morgan fingerprint density at radius 1 is 1.37 bits per heavy atom. The number of aliphatic carboxylic acids is 1. The molecular weight excluding hydrogens is 246 g/mol. The van der Waals surface area contributed by atoms with Crippen molar-refractivity contribution in [3.05, 3.63) is 23.8 Å². The Hall–Kier alpha value is -1.75. The molecule has 1 aromatic carbocycles. The Morgan fingerprint density at radius 2 is 2.05 bits per heavy atom. The molecule has 104 valence electrons. The van der Waals surface area contributed by atoms with Crippen LogP contribution < -0.4 is 15.2 Å². The van der Waals surface area contributed by atoms with Crippen LogP contribution in [0.4, 0.5) is 0 Å². The smallest absolute Gasteiger partial charge is 0.325 e. The van der Waals surface area contributed by atoms with Gasteiger partial charge in [-0.05, 0) is 43.4 Å². The third-order valence-electron chi connectivity index (χ3n) is 3.41. The van der Waals surface area contributed by atoms with Gasteiger partial charge in [0.05, 0.1) is 13.2 Å². The predicted octanol–water partition coefficient (Wildman–Crippen LogP) is 2.10. The van der Waals surface area contributed by atoms with Crippen LogP contribution >= 0.6 is 0 Å². The Bertz CT molecular complexity index is 455. The molecule has 3 N–H and O–H groups in total. The molecule has 2 rings (SSSR count). The van der Waals surface area contributed by atoms with Gasteiger partial charge in [-0.1, -0.05) is 6.07 Å². The Balaban J connectivity index is 2.18. The van der Waals surface area contributed by atoms with E-state index in [0.29, 0.717) is 17.1 Å². The first-order valence-electron chi connectivity index (χ1n) is 6.45. The lowest BCUT2D eigenvalue weighted by Gasteiger charge is -2.17. The molecule has 19 heavy (non-hydrogen) atoms. The quantitative estimate of drug-likeness (QED) is 0.852. The minimum atomic E-state index is -1.06. The van der Waals surface area contributed by atoms with E-state index in [4.69, 9.17) is 20.3 Å². The molecule has 1 fully saturated rings. The third-order valence-corrected chi connectivity index (χ3v) is 3.41. The molecule has 1 aliphatic carbocycles. The van der Waals surface area contributed by atoms with Crippen molar-refractivity contribution in [1.29, 1.82) is 0 Å². The number of nitrogens with two attached hydrogens (primary N) is 1. The predicted molar refractivity (Wildman–Crippen MR) is 70.4 cm³/mol. The van der Waals surface area contributed by atoms with Gasteiger partial charge in [-0.25, -0.2) is 0 Å². The first-order valence-corrected chi connectivity index (χ1v) is 6.45. The highest BCUT2D eigenvalue weighted by molar-refractivity contribution is 5.75.